The second-order valence-corrected chi connectivity index (χ2v) is 7.50. The zero-order valence-corrected chi connectivity index (χ0v) is 18.1. The van der Waals surface area contributed by atoms with Gasteiger partial charge < -0.3 is 15.4 Å². The molecule has 2 fully saturated rings. The lowest BCUT2D eigenvalue weighted by atomic mass is 9.74. The molecule has 2 N–H and O–H groups in total. The van der Waals surface area contributed by atoms with Gasteiger partial charge >= 0.3 is 0 Å². The molecule has 1 heterocycles. The summed E-state index contributed by atoms with van der Waals surface area (Å²) >= 11 is 6.24. The van der Waals surface area contributed by atoms with E-state index >= 15 is 0 Å². The number of benzene rings is 1. The van der Waals surface area contributed by atoms with Gasteiger partial charge in [0.05, 0.1) is 6.54 Å². The van der Waals surface area contributed by atoms with Crippen LogP contribution in [0.15, 0.2) is 29.3 Å². The van der Waals surface area contributed by atoms with E-state index < -0.39 is 0 Å². The van der Waals surface area contributed by atoms with Crippen LogP contribution >= 0.6 is 35.6 Å². The van der Waals surface area contributed by atoms with Crippen LogP contribution < -0.4 is 10.6 Å². The average Bonchev–Trinajstić information content (AvgIpc) is 3.28. The highest BCUT2D eigenvalue weighted by Gasteiger charge is 2.36. The van der Waals surface area contributed by atoms with Crippen molar-refractivity contribution in [2.75, 3.05) is 26.3 Å². The van der Waals surface area contributed by atoms with Gasteiger partial charge in [-0.3, -0.25) is 4.99 Å². The molecule has 0 bridgehead atoms. The van der Waals surface area contributed by atoms with Crippen molar-refractivity contribution < 1.29 is 4.74 Å². The third kappa shape index (κ3) is 5.47. The van der Waals surface area contributed by atoms with E-state index in [9.17, 15) is 0 Å². The molecule has 1 aliphatic carbocycles. The van der Waals surface area contributed by atoms with E-state index in [4.69, 9.17) is 21.3 Å². The summed E-state index contributed by atoms with van der Waals surface area (Å²) < 4.78 is 5.61. The lowest BCUT2D eigenvalue weighted by Crippen LogP contribution is -2.42. The summed E-state index contributed by atoms with van der Waals surface area (Å²) in [5, 5.41) is 7.71. The van der Waals surface area contributed by atoms with E-state index in [1.165, 1.54) is 12.0 Å². The lowest BCUT2D eigenvalue weighted by molar-refractivity contribution is 0.0531. The topological polar surface area (TPSA) is 45.7 Å². The van der Waals surface area contributed by atoms with Crippen molar-refractivity contribution in [1.29, 1.82) is 0 Å². The van der Waals surface area contributed by atoms with Crippen molar-refractivity contribution in [3.8, 4) is 0 Å². The highest BCUT2D eigenvalue weighted by Crippen LogP contribution is 2.36. The van der Waals surface area contributed by atoms with Crippen molar-refractivity contribution in [1.82, 2.24) is 10.6 Å². The number of hydrogen-bond acceptors (Lipinski definition) is 2. The Morgan fingerprint density at radius 2 is 2.08 bits per heavy atom. The molecule has 1 aromatic carbocycles. The smallest absolute Gasteiger partial charge is 0.191 e. The van der Waals surface area contributed by atoms with Crippen LogP contribution in [0.4, 0.5) is 0 Å². The van der Waals surface area contributed by atoms with Crippen LogP contribution in [0, 0.1) is 5.92 Å². The molecular formula is C19H29ClIN3O. The van der Waals surface area contributed by atoms with Crippen LogP contribution in [0.25, 0.3) is 0 Å². The Hall–Kier alpha value is -0.530. The molecule has 2 aliphatic rings. The molecule has 1 aliphatic heterocycles. The molecule has 0 amide bonds. The normalized spacial score (nSPS) is 25.0. The van der Waals surface area contributed by atoms with Gasteiger partial charge in [-0.2, -0.15) is 0 Å². The fourth-order valence-corrected chi connectivity index (χ4v) is 3.56. The maximum atomic E-state index is 6.24. The van der Waals surface area contributed by atoms with E-state index in [0.717, 1.165) is 56.0 Å². The number of aliphatic imine (C=N–C) groups is 1. The Balaban J connectivity index is 0.00000225. The minimum absolute atomic E-state index is 0. The first-order valence-corrected chi connectivity index (χ1v) is 9.39. The summed E-state index contributed by atoms with van der Waals surface area (Å²) in [7, 11) is 0. The van der Waals surface area contributed by atoms with Gasteiger partial charge in [0, 0.05) is 36.2 Å². The Morgan fingerprint density at radius 1 is 1.36 bits per heavy atom. The SMILES string of the molecule is CCNC(=NCC1(c2cccc(Cl)c2)CCOCC1)NC1CC1C.I. The summed E-state index contributed by atoms with van der Waals surface area (Å²) in [5.74, 6) is 1.68. The molecule has 2 atom stereocenters. The molecule has 1 saturated carbocycles. The molecule has 0 aromatic heterocycles. The van der Waals surface area contributed by atoms with Gasteiger partial charge in [0.25, 0.3) is 0 Å². The van der Waals surface area contributed by atoms with E-state index in [0.29, 0.717) is 6.04 Å². The van der Waals surface area contributed by atoms with Crippen LogP contribution in [-0.2, 0) is 10.2 Å². The minimum Gasteiger partial charge on any atom is -0.381 e. The molecular weight excluding hydrogens is 449 g/mol. The quantitative estimate of drug-likeness (QED) is 0.383. The number of nitrogens with one attached hydrogen (secondary N) is 2. The van der Waals surface area contributed by atoms with Crippen LogP contribution in [-0.4, -0.2) is 38.3 Å². The first-order valence-electron chi connectivity index (χ1n) is 9.01. The van der Waals surface area contributed by atoms with Gasteiger partial charge in [0.1, 0.15) is 0 Å². The maximum absolute atomic E-state index is 6.24. The molecule has 6 heteroatoms. The van der Waals surface area contributed by atoms with Crippen molar-refractivity contribution in [2.24, 2.45) is 10.9 Å². The summed E-state index contributed by atoms with van der Waals surface area (Å²) in [5.41, 5.74) is 1.29. The number of halogens is 2. The monoisotopic (exact) mass is 477 g/mol. The lowest BCUT2D eigenvalue weighted by Gasteiger charge is -2.36. The Morgan fingerprint density at radius 3 is 2.68 bits per heavy atom. The molecule has 25 heavy (non-hydrogen) atoms. The molecule has 0 spiro atoms. The second-order valence-electron chi connectivity index (χ2n) is 7.06. The third-order valence-electron chi connectivity index (χ3n) is 5.20. The highest BCUT2D eigenvalue weighted by atomic mass is 127. The zero-order valence-electron chi connectivity index (χ0n) is 15.1. The van der Waals surface area contributed by atoms with E-state index in [2.05, 4.69) is 36.6 Å². The standard InChI is InChI=1S/C19H28ClN3O.HI/c1-3-21-18(23-17-11-14(17)2)22-13-19(7-9-24-10-8-19)15-5-4-6-16(20)12-15;/h4-6,12,14,17H,3,7-11,13H2,1-2H3,(H2,21,22,23);1H. The fraction of sp³-hybridized carbons (Fsp3) is 0.632. The minimum atomic E-state index is 0. The van der Waals surface area contributed by atoms with Gasteiger partial charge in [-0.25, -0.2) is 0 Å². The highest BCUT2D eigenvalue weighted by molar-refractivity contribution is 14.0. The number of nitrogens with zero attached hydrogens (tertiary/aromatic N) is 1. The molecule has 1 saturated heterocycles. The van der Waals surface area contributed by atoms with Gasteiger partial charge in [0.2, 0.25) is 0 Å². The summed E-state index contributed by atoms with van der Waals surface area (Å²) in [4.78, 5) is 4.93. The van der Waals surface area contributed by atoms with Crippen LogP contribution in [0.5, 0.6) is 0 Å². The van der Waals surface area contributed by atoms with Crippen LogP contribution in [0.2, 0.25) is 5.02 Å². The van der Waals surface area contributed by atoms with Crippen molar-refractivity contribution in [3.05, 3.63) is 34.9 Å². The Labute approximate surface area is 173 Å². The molecule has 1 aromatic rings. The van der Waals surface area contributed by atoms with Crippen molar-refractivity contribution >= 4 is 41.5 Å². The average molecular weight is 478 g/mol. The first kappa shape index (κ1) is 20.8. The van der Waals surface area contributed by atoms with E-state index in [1.54, 1.807) is 0 Å². The van der Waals surface area contributed by atoms with Crippen LogP contribution in [0.3, 0.4) is 0 Å². The predicted octanol–water partition coefficient (Wildman–Crippen LogP) is 3.97. The van der Waals surface area contributed by atoms with Gasteiger partial charge in [0.15, 0.2) is 5.96 Å². The second kappa shape index (κ2) is 9.42. The summed E-state index contributed by atoms with van der Waals surface area (Å²) in [6.45, 7) is 7.58. The van der Waals surface area contributed by atoms with Crippen LogP contribution in [0.1, 0.15) is 38.7 Å². The number of guanidine groups is 1. The molecule has 140 valence electrons. The van der Waals surface area contributed by atoms with E-state index in [1.807, 2.05) is 12.1 Å². The van der Waals surface area contributed by atoms with Gasteiger partial charge in [-0.05, 0) is 49.8 Å². The summed E-state index contributed by atoms with van der Waals surface area (Å²) in [6.07, 6.45) is 3.20. The Kier molecular flexibility index (Phi) is 7.83. The third-order valence-corrected chi connectivity index (χ3v) is 5.44. The predicted molar refractivity (Wildman–Crippen MR) is 115 cm³/mol. The number of ether oxygens (including phenoxy) is 1. The summed E-state index contributed by atoms with van der Waals surface area (Å²) in [6, 6.07) is 8.80. The maximum Gasteiger partial charge on any atom is 0.191 e. The van der Waals surface area contributed by atoms with Gasteiger partial charge in [-0.1, -0.05) is 30.7 Å². The largest absolute Gasteiger partial charge is 0.381 e. The Bertz CT molecular complexity index is 590. The molecule has 0 radical (unpaired) electrons. The van der Waals surface area contributed by atoms with Gasteiger partial charge in [-0.15, -0.1) is 24.0 Å². The number of hydrogen-bond donors (Lipinski definition) is 2. The molecule has 3 rings (SSSR count). The van der Waals surface area contributed by atoms with Crippen molar-refractivity contribution in [2.45, 2.75) is 44.6 Å². The van der Waals surface area contributed by atoms with Crippen molar-refractivity contribution in [3.63, 3.8) is 0 Å². The first-order chi connectivity index (χ1) is 11.6. The van der Waals surface area contributed by atoms with E-state index in [-0.39, 0.29) is 29.4 Å². The molecule has 4 nitrogen and oxygen atoms in total. The molecule has 2 unspecified atom stereocenters. The zero-order chi connectivity index (χ0) is 17.0. The number of rotatable bonds is 5. The fourth-order valence-electron chi connectivity index (χ4n) is 3.37.